The zero-order valence-corrected chi connectivity index (χ0v) is 10.9. The molecule has 0 amide bonds. The van der Waals surface area contributed by atoms with Gasteiger partial charge in [-0.3, -0.25) is 0 Å². The summed E-state index contributed by atoms with van der Waals surface area (Å²) in [6.45, 7) is 6.12. The summed E-state index contributed by atoms with van der Waals surface area (Å²) in [7, 11) is 0. The van der Waals surface area contributed by atoms with E-state index in [0.29, 0.717) is 18.1 Å². The smallest absolute Gasteiger partial charge is 0.123 e. The Bertz CT molecular complexity index is 446. The summed E-state index contributed by atoms with van der Waals surface area (Å²) in [6.07, 6.45) is 1.55. The third kappa shape index (κ3) is 1.86. The van der Waals surface area contributed by atoms with Gasteiger partial charge >= 0.3 is 0 Å². The topological polar surface area (TPSA) is 21.3 Å². The van der Waals surface area contributed by atoms with Crippen LogP contribution < -0.4 is 5.32 Å². The first kappa shape index (κ1) is 12.1. The van der Waals surface area contributed by atoms with Crippen LogP contribution in [-0.4, -0.2) is 18.8 Å². The van der Waals surface area contributed by atoms with Crippen LogP contribution in [0, 0.1) is 17.2 Å². The molecule has 2 fully saturated rings. The predicted octanol–water partition coefficient (Wildman–Crippen LogP) is 2.73. The van der Waals surface area contributed by atoms with Crippen LogP contribution in [0.15, 0.2) is 24.3 Å². The Labute approximate surface area is 108 Å². The van der Waals surface area contributed by atoms with Gasteiger partial charge in [-0.2, -0.15) is 0 Å². The van der Waals surface area contributed by atoms with E-state index in [4.69, 9.17) is 4.74 Å². The molecule has 0 aromatic heterocycles. The molecule has 3 heteroatoms. The number of hydrogen-bond donors (Lipinski definition) is 1. The van der Waals surface area contributed by atoms with Gasteiger partial charge in [-0.05, 0) is 24.1 Å². The van der Waals surface area contributed by atoms with Crippen molar-refractivity contribution in [3.63, 3.8) is 0 Å². The summed E-state index contributed by atoms with van der Waals surface area (Å²) in [5.41, 5.74) is 1.20. The van der Waals surface area contributed by atoms with Crippen molar-refractivity contribution in [1.82, 2.24) is 5.32 Å². The summed E-state index contributed by atoms with van der Waals surface area (Å²) < 4.78 is 18.9. The minimum atomic E-state index is -0.163. The van der Waals surface area contributed by atoms with Gasteiger partial charge in [-0.25, -0.2) is 4.39 Å². The van der Waals surface area contributed by atoms with Crippen LogP contribution in [0.4, 0.5) is 4.39 Å². The summed E-state index contributed by atoms with van der Waals surface area (Å²) in [4.78, 5) is 0. The summed E-state index contributed by atoms with van der Waals surface area (Å²) in [5, 5.41) is 3.58. The Kier molecular flexibility index (Phi) is 2.91. The van der Waals surface area contributed by atoms with Gasteiger partial charge in [0.25, 0.3) is 0 Å². The SMILES string of the molecule is CC1(C)C(NCc2cccc(F)c2)C2CCOC21. The fraction of sp³-hybridized carbons (Fsp3) is 0.600. The number of hydrogen-bond acceptors (Lipinski definition) is 2. The van der Waals surface area contributed by atoms with Crippen LogP contribution in [0.2, 0.25) is 0 Å². The van der Waals surface area contributed by atoms with Crippen LogP contribution in [0.1, 0.15) is 25.8 Å². The Hall–Kier alpha value is -0.930. The zero-order chi connectivity index (χ0) is 12.8. The van der Waals surface area contributed by atoms with E-state index in [0.717, 1.165) is 25.1 Å². The fourth-order valence-corrected chi connectivity index (χ4v) is 3.61. The van der Waals surface area contributed by atoms with E-state index in [2.05, 4.69) is 19.2 Å². The molecule has 0 spiro atoms. The molecule has 1 aromatic rings. The monoisotopic (exact) mass is 249 g/mol. The maximum atomic E-state index is 13.1. The first-order chi connectivity index (χ1) is 8.59. The van der Waals surface area contributed by atoms with Crippen molar-refractivity contribution >= 4 is 0 Å². The van der Waals surface area contributed by atoms with E-state index < -0.39 is 0 Å². The summed E-state index contributed by atoms with van der Waals surface area (Å²) >= 11 is 0. The lowest BCUT2D eigenvalue weighted by atomic mass is 9.57. The highest BCUT2D eigenvalue weighted by molar-refractivity contribution is 5.18. The quantitative estimate of drug-likeness (QED) is 0.889. The van der Waals surface area contributed by atoms with Crippen molar-refractivity contribution in [2.75, 3.05) is 6.61 Å². The van der Waals surface area contributed by atoms with Gasteiger partial charge < -0.3 is 10.1 Å². The number of halogens is 1. The Balaban J connectivity index is 1.64. The van der Waals surface area contributed by atoms with Gasteiger partial charge in [0.15, 0.2) is 0 Å². The van der Waals surface area contributed by atoms with E-state index in [1.807, 2.05) is 6.07 Å². The van der Waals surface area contributed by atoms with E-state index in [9.17, 15) is 4.39 Å². The molecule has 1 aliphatic carbocycles. The standard InChI is InChI=1S/C15H20FNO/c1-15(2)13(12-6-7-18-14(12)15)17-9-10-4-3-5-11(16)8-10/h3-5,8,12-14,17H,6-7,9H2,1-2H3. The van der Waals surface area contributed by atoms with Crippen LogP contribution >= 0.6 is 0 Å². The second-order valence-electron chi connectivity index (χ2n) is 6.05. The number of fused-ring (bicyclic) bond motifs is 1. The second kappa shape index (κ2) is 4.32. The van der Waals surface area contributed by atoms with Gasteiger partial charge in [0.1, 0.15) is 5.82 Å². The van der Waals surface area contributed by atoms with Crippen molar-refractivity contribution in [3.05, 3.63) is 35.6 Å². The largest absolute Gasteiger partial charge is 0.377 e. The molecule has 1 heterocycles. The van der Waals surface area contributed by atoms with Gasteiger partial charge in [0.05, 0.1) is 6.10 Å². The lowest BCUT2D eigenvalue weighted by molar-refractivity contribution is -0.113. The highest BCUT2D eigenvalue weighted by Crippen LogP contribution is 2.52. The number of benzene rings is 1. The molecule has 1 aliphatic heterocycles. The minimum Gasteiger partial charge on any atom is -0.377 e. The van der Waals surface area contributed by atoms with Gasteiger partial charge in [0, 0.05) is 30.5 Å². The van der Waals surface area contributed by atoms with E-state index in [1.54, 1.807) is 12.1 Å². The molecule has 1 aromatic carbocycles. The number of rotatable bonds is 3. The lowest BCUT2D eigenvalue weighted by Crippen LogP contribution is -2.65. The molecule has 1 N–H and O–H groups in total. The second-order valence-corrected chi connectivity index (χ2v) is 6.05. The maximum absolute atomic E-state index is 13.1. The number of ether oxygens (including phenoxy) is 1. The van der Waals surface area contributed by atoms with Crippen molar-refractivity contribution < 1.29 is 9.13 Å². The fourth-order valence-electron chi connectivity index (χ4n) is 3.61. The normalized spacial score (nSPS) is 32.9. The first-order valence-corrected chi connectivity index (χ1v) is 6.68. The molecule has 18 heavy (non-hydrogen) atoms. The molecule has 0 radical (unpaired) electrons. The predicted molar refractivity (Wildman–Crippen MR) is 68.7 cm³/mol. The molecule has 3 rings (SSSR count). The Morgan fingerprint density at radius 2 is 2.28 bits per heavy atom. The molecule has 2 aliphatic rings. The van der Waals surface area contributed by atoms with Crippen LogP contribution in [0.5, 0.6) is 0 Å². The highest BCUT2D eigenvalue weighted by atomic mass is 19.1. The van der Waals surface area contributed by atoms with Gasteiger partial charge in [-0.15, -0.1) is 0 Å². The van der Waals surface area contributed by atoms with Crippen molar-refractivity contribution in [2.24, 2.45) is 11.3 Å². The van der Waals surface area contributed by atoms with Crippen LogP contribution in [-0.2, 0) is 11.3 Å². The molecular formula is C15H20FNO. The zero-order valence-electron chi connectivity index (χ0n) is 10.9. The van der Waals surface area contributed by atoms with Crippen molar-refractivity contribution in [3.8, 4) is 0 Å². The van der Waals surface area contributed by atoms with E-state index in [-0.39, 0.29) is 11.2 Å². The van der Waals surface area contributed by atoms with Crippen molar-refractivity contribution in [1.29, 1.82) is 0 Å². The van der Waals surface area contributed by atoms with E-state index in [1.165, 1.54) is 6.07 Å². The average molecular weight is 249 g/mol. The molecule has 0 bridgehead atoms. The molecule has 2 nitrogen and oxygen atoms in total. The van der Waals surface area contributed by atoms with Gasteiger partial charge in [0.2, 0.25) is 0 Å². The third-order valence-electron chi connectivity index (χ3n) is 4.52. The molecule has 98 valence electrons. The summed E-state index contributed by atoms with van der Waals surface area (Å²) in [5.74, 6) is 0.470. The Morgan fingerprint density at radius 1 is 1.44 bits per heavy atom. The van der Waals surface area contributed by atoms with Crippen LogP contribution in [0.25, 0.3) is 0 Å². The van der Waals surface area contributed by atoms with Crippen molar-refractivity contribution in [2.45, 2.75) is 39.0 Å². The molecule has 1 saturated heterocycles. The maximum Gasteiger partial charge on any atom is 0.123 e. The molecular weight excluding hydrogens is 229 g/mol. The number of nitrogens with one attached hydrogen (secondary N) is 1. The Morgan fingerprint density at radius 3 is 3.06 bits per heavy atom. The van der Waals surface area contributed by atoms with E-state index >= 15 is 0 Å². The lowest BCUT2D eigenvalue weighted by Gasteiger charge is -2.55. The van der Waals surface area contributed by atoms with Gasteiger partial charge in [-0.1, -0.05) is 26.0 Å². The minimum absolute atomic E-state index is 0.163. The third-order valence-corrected chi connectivity index (χ3v) is 4.52. The highest BCUT2D eigenvalue weighted by Gasteiger charge is 2.58. The average Bonchev–Trinajstić information content (AvgIpc) is 2.75. The summed E-state index contributed by atoms with van der Waals surface area (Å²) in [6, 6.07) is 7.29. The molecule has 1 saturated carbocycles. The first-order valence-electron chi connectivity index (χ1n) is 6.68. The van der Waals surface area contributed by atoms with Crippen LogP contribution in [0.3, 0.4) is 0 Å². The molecule has 3 unspecified atom stereocenters. The molecule has 3 atom stereocenters.